The molecule has 2 heterocycles. The van der Waals surface area contributed by atoms with Crippen LogP contribution in [-0.2, 0) is 18.6 Å². The maximum Gasteiger partial charge on any atom is 0.267 e. The number of hydrogen-bond donors (Lipinski definition) is 0. The fourth-order valence-corrected chi connectivity index (χ4v) is 6.47. The molecule has 0 N–H and O–H groups in total. The molecule has 30 heavy (non-hydrogen) atoms. The molecule has 0 saturated carbocycles. The summed E-state index contributed by atoms with van der Waals surface area (Å²) in [5, 5.41) is 2.82. The minimum atomic E-state index is 0.00955. The highest BCUT2D eigenvalue weighted by molar-refractivity contribution is 7.98. The summed E-state index contributed by atoms with van der Waals surface area (Å²) in [7, 11) is 0. The SMILES string of the molecule is O=c1c2c3c(sc2nc(SCc2cccc(Cl)c2)n1-c1ccc(Cl)cc1)CCCC3. The molecular formula is C23H18Cl2N2OS2. The Bertz CT molecular complexity index is 1300. The summed E-state index contributed by atoms with van der Waals surface area (Å²) in [6, 6.07) is 15.1. The smallest absolute Gasteiger partial charge is 0.267 e. The van der Waals surface area contributed by atoms with E-state index in [-0.39, 0.29) is 5.56 Å². The van der Waals surface area contributed by atoms with Gasteiger partial charge < -0.3 is 0 Å². The van der Waals surface area contributed by atoms with E-state index in [0.29, 0.717) is 21.0 Å². The van der Waals surface area contributed by atoms with Gasteiger partial charge in [-0.25, -0.2) is 4.98 Å². The average Bonchev–Trinajstić information content (AvgIpc) is 3.12. The quantitative estimate of drug-likeness (QED) is 0.238. The third-order valence-electron chi connectivity index (χ3n) is 5.30. The van der Waals surface area contributed by atoms with E-state index in [1.807, 2.05) is 48.5 Å². The van der Waals surface area contributed by atoms with Gasteiger partial charge in [0.05, 0.1) is 11.1 Å². The zero-order chi connectivity index (χ0) is 20.7. The van der Waals surface area contributed by atoms with Crippen LogP contribution in [0.25, 0.3) is 15.9 Å². The van der Waals surface area contributed by atoms with Crippen molar-refractivity contribution < 1.29 is 0 Å². The lowest BCUT2D eigenvalue weighted by atomic mass is 9.97. The van der Waals surface area contributed by atoms with Crippen LogP contribution in [0.1, 0.15) is 28.8 Å². The second-order valence-electron chi connectivity index (χ2n) is 7.32. The largest absolute Gasteiger partial charge is 0.268 e. The van der Waals surface area contributed by atoms with Crippen molar-refractivity contribution in [3.8, 4) is 5.69 Å². The molecule has 4 aromatic rings. The number of hydrogen-bond acceptors (Lipinski definition) is 4. The maximum atomic E-state index is 13.7. The van der Waals surface area contributed by atoms with Gasteiger partial charge in [0.25, 0.3) is 5.56 Å². The predicted molar refractivity (Wildman–Crippen MR) is 128 cm³/mol. The number of thiophene rings is 1. The fourth-order valence-electron chi connectivity index (χ4n) is 3.88. The Labute approximate surface area is 192 Å². The third kappa shape index (κ3) is 3.80. The Hall–Kier alpha value is -1.79. The van der Waals surface area contributed by atoms with Crippen LogP contribution in [0, 0.1) is 0 Å². The third-order valence-corrected chi connectivity index (χ3v) is 7.98. The van der Waals surface area contributed by atoms with Crippen LogP contribution in [-0.4, -0.2) is 9.55 Å². The van der Waals surface area contributed by atoms with Crippen molar-refractivity contribution in [1.82, 2.24) is 9.55 Å². The predicted octanol–water partition coefficient (Wildman–Crippen LogP) is 6.93. The van der Waals surface area contributed by atoms with Crippen LogP contribution in [0.4, 0.5) is 0 Å². The van der Waals surface area contributed by atoms with Gasteiger partial charge in [0.2, 0.25) is 0 Å². The second-order valence-corrected chi connectivity index (χ2v) is 10.2. The Morgan fingerprint density at radius 3 is 2.63 bits per heavy atom. The van der Waals surface area contributed by atoms with Gasteiger partial charge in [-0.05, 0) is 73.2 Å². The zero-order valence-corrected chi connectivity index (χ0v) is 19.2. The van der Waals surface area contributed by atoms with Crippen LogP contribution in [0.3, 0.4) is 0 Å². The molecule has 2 aromatic heterocycles. The molecule has 7 heteroatoms. The van der Waals surface area contributed by atoms with Crippen molar-refractivity contribution in [2.75, 3.05) is 0 Å². The van der Waals surface area contributed by atoms with Crippen molar-refractivity contribution in [3.63, 3.8) is 0 Å². The first kappa shape index (κ1) is 20.1. The maximum absolute atomic E-state index is 13.7. The van der Waals surface area contributed by atoms with Crippen molar-refractivity contribution in [1.29, 1.82) is 0 Å². The number of benzene rings is 2. The molecule has 0 spiro atoms. The summed E-state index contributed by atoms with van der Waals surface area (Å²) in [6.45, 7) is 0. The van der Waals surface area contributed by atoms with Gasteiger partial charge in [-0.15, -0.1) is 11.3 Å². The summed E-state index contributed by atoms with van der Waals surface area (Å²) in [4.78, 5) is 20.8. The average molecular weight is 473 g/mol. The number of thioether (sulfide) groups is 1. The van der Waals surface area contributed by atoms with E-state index in [9.17, 15) is 4.79 Å². The summed E-state index contributed by atoms with van der Waals surface area (Å²) >= 11 is 15.5. The Morgan fingerprint density at radius 1 is 1.03 bits per heavy atom. The van der Waals surface area contributed by atoms with Gasteiger partial charge in [0.1, 0.15) is 4.83 Å². The van der Waals surface area contributed by atoms with Crippen LogP contribution < -0.4 is 5.56 Å². The highest BCUT2D eigenvalue weighted by atomic mass is 35.5. The molecule has 0 aliphatic heterocycles. The number of fused-ring (bicyclic) bond motifs is 3. The highest BCUT2D eigenvalue weighted by Crippen LogP contribution is 2.35. The van der Waals surface area contributed by atoms with Crippen LogP contribution in [0.2, 0.25) is 10.0 Å². The molecule has 5 rings (SSSR count). The normalized spacial score (nSPS) is 13.5. The van der Waals surface area contributed by atoms with Gasteiger partial charge >= 0.3 is 0 Å². The van der Waals surface area contributed by atoms with E-state index < -0.39 is 0 Å². The monoisotopic (exact) mass is 472 g/mol. The molecule has 0 saturated heterocycles. The molecule has 2 aromatic carbocycles. The minimum Gasteiger partial charge on any atom is -0.268 e. The van der Waals surface area contributed by atoms with Gasteiger partial charge in [0.15, 0.2) is 5.16 Å². The molecule has 1 aliphatic carbocycles. The van der Waals surface area contributed by atoms with E-state index in [0.717, 1.165) is 40.7 Å². The van der Waals surface area contributed by atoms with Crippen molar-refractivity contribution in [2.24, 2.45) is 0 Å². The van der Waals surface area contributed by atoms with Crippen LogP contribution in [0.5, 0.6) is 0 Å². The van der Waals surface area contributed by atoms with Gasteiger partial charge in [-0.3, -0.25) is 9.36 Å². The van der Waals surface area contributed by atoms with E-state index in [1.165, 1.54) is 16.9 Å². The lowest BCUT2D eigenvalue weighted by molar-refractivity contribution is 0.699. The minimum absolute atomic E-state index is 0.00955. The number of rotatable bonds is 4. The second kappa shape index (κ2) is 8.39. The Morgan fingerprint density at radius 2 is 1.83 bits per heavy atom. The Balaban J connectivity index is 1.66. The summed E-state index contributed by atoms with van der Waals surface area (Å²) in [5.74, 6) is 0.678. The molecule has 0 atom stereocenters. The molecule has 0 amide bonds. The first-order valence-corrected chi connectivity index (χ1v) is 12.4. The number of aromatic nitrogens is 2. The zero-order valence-electron chi connectivity index (χ0n) is 16.0. The standard InChI is InChI=1S/C23H18Cl2N2OS2/c24-15-8-10-17(11-9-15)27-22(28)20-18-6-1-2-7-19(18)30-21(20)26-23(27)29-13-14-4-3-5-16(25)12-14/h3-5,8-12H,1-2,6-7,13H2. The van der Waals surface area contributed by atoms with E-state index >= 15 is 0 Å². The molecule has 1 aliphatic rings. The lowest BCUT2D eigenvalue weighted by Gasteiger charge is -2.14. The van der Waals surface area contributed by atoms with Crippen molar-refractivity contribution in [3.05, 3.63) is 84.9 Å². The molecule has 0 fully saturated rings. The molecule has 0 unspecified atom stereocenters. The topological polar surface area (TPSA) is 34.9 Å². The first-order chi connectivity index (χ1) is 14.6. The van der Waals surface area contributed by atoms with Crippen LogP contribution >= 0.6 is 46.3 Å². The number of halogens is 2. The lowest BCUT2D eigenvalue weighted by Crippen LogP contribution is -2.22. The summed E-state index contributed by atoms with van der Waals surface area (Å²) < 4.78 is 1.73. The van der Waals surface area contributed by atoms with Gasteiger partial charge in [-0.2, -0.15) is 0 Å². The van der Waals surface area contributed by atoms with E-state index in [4.69, 9.17) is 28.2 Å². The van der Waals surface area contributed by atoms with Crippen molar-refractivity contribution >= 4 is 56.5 Å². The Kier molecular flexibility index (Phi) is 5.63. The molecule has 3 nitrogen and oxygen atoms in total. The first-order valence-electron chi connectivity index (χ1n) is 9.80. The van der Waals surface area contributed by atoms with Gasteiger partial charge in [-0.1, -0.05) is 47.1 Å². The van der Waals surface area contributed by atoms with Crippen LogP contribution in [0.15, 0.2) is 58.5 Å². The number of aryl methyl sites for hydroxylation is 2. The van der Waals surface area contributed by atoms with Gasteiger partial charge in [0, 0.05) is 20.7 Å². The van der Waals surface area contributed by atoms with Crippen molar-refractivity contribution in [2.45, 2.75) is 36.6 Å². The summed E-state index contributed by atoms with van der Waals surface area (Å²) in [5.41, 5.74) is 3.08. The number of nitrogens with zero attached hydrogens (tertiary/aromatic N) is 2. The molecule has 152 valence electrons. The fraction of sp³-hybridized carbons (Fsp3) is 0.217. The molecule has 0 radical (unpaired) electrons. The summed E-state index contributed by atoms with van der Waals surface area (Å²) in [6.07, 6.45) is 4.32. The molecular weight excluding hydrogens is 455 g/mol. The highest BCUT2D eigenvalue weighted by Gasteiger charge is 2.23. The van der Waals surface area contributed by atoms with E-state index in [2.05, 4.69) is 0 Å². The van der Waals surface area contributed by atoms with E-state index in [1.54, 1.807) is 27.7 Å². The molecule has 0 bridgehead atoms.